The summed E-state index contributed by atoms with van der Waals surface area (Å²) >= 11 is 0. The van der Waals surface area contributed by atoms with E-state index in [1.54, 1.807) is 25.1 Å². The molecule has 0 saturated heterocycles. The van der Waals surface area contributed by atoms with Crippen molar-refractivity contribution < 1.29 is 63.8 Å². The van der Waals surface area contributed by atoms with E-state index in [2.05, 4.69) is 42.0 Å². The molecule has 0 aliphatic rings. The number of amides is 5. The van der Waals surface area contributed by atoms with Gasteiger partial charge in [-0.15, -0.1) is 5.10 Å². The summed E-state index contributed by atoms with van der Waals surface area (Å²) in [5.74, 6) is -7.51. The first-order chi connectivity index (χ1) is 31.6. The topological polar surface area (TPSA) is 324 Å². The standard InChI is InChI=1S/C45H40N8O13/c1-22(18-23-4-11-28(54)12-5-23)40(58)47-26-9-6-24(7-10-26)41(59)51-34(20-27-21-46-53-52-27)44(62)48-31-15-8-25(19-35(31)55)42(60)49-32-16-13-29(36(56)38(32)65-2)43(61)50-33-17-14-30(45(63)64)37(57)39(33)66-3/h4-19,21,34,54-57H,20H2,1-3H3,(H,47,58)(H,48,62)(H,49,60)(H,50,61)(H,51,59)(H,63,64)(H,46,52,53)/b22-18+. The molecule has 5 aromatic carbocycles. The number of phenolic OH excluding ortho intramolecular Hbond substituents is 3. The van der Waals surface area contributed by atoms with Gasteiger partial charge in [0.05, 0.1) is 48.7 Å². The van der Waals surface area contributed by atoms with E-state index in [9.17, 15) is 54.3 Å². The lowest BCUT2D eigenvalue weighted by molar-refractivity contribution is -0.118. The Morgan fingerprint density at radius 2 is 1.27 bits per heavy atom. The molecule has 0 aliphatic carbocycles. The van der Waals surface area contributed by atoms with Gasteiger partial charge in [0, 0.05) is 28.8 Å². The number of aromatic nitrogens is 3. The van der Waals surface area contributed by atoms with E-state index in [0.29, 0.717) is 22.5 Å². The van der Waals surface area contributed by atoms with Gasteiger partial charge in [-0.25, -0.2) is 4.79 Å². The van der Waals surface area contributed by atoms with Crippen LogP contribution in [0.25, 0.3) is 6.08 Å². The molecule has 5 amide bonds. The molecule has 0 fully saturated rings. The summed E-state index contributed by atoms with van der Waals surface area (Å²) in [5.41, 5.74) is 0.784. The van der Waals surface area contributed by atoms with Gasteiger partial charge in [0.2, 0.25) is 5.91 Å². The molecule has 0 saturated carbocycles. The summed E-state index contributed by atoms with van der Waals surface area (Å²) in [6, 6.07) is 19.2. The number of carbonyl (C=O) groups excluding carboxylic acids is 5. The molecule has 1 aromatic heterocycles. The fraction of sp³-hybridized carbons (Fsp3) is 0.111. The van der Waals surface area contributed by atoms with Crippen LogP contribution in [0, 0.1) is 0 Å². The minimum atomic E-state index is -1.44. The number of carbonyl (C=O) groups is 6. The van der Waals surface area contributed by atoms with Crippen LogP contribution in [0.15, 0.2) is 103 Å². The largest absolute Gasteiger partial charge is 0.508 e. The van der Waals surface area contributed by atoms with Crippen LogP contribution in [0.4, 0.5) is 22.7 Å². The molecular formula is C45H40N8O13. The zero-order chi connectivity index (χ0) is 47.7. The summed E-state index contributed by atoms with van der Waals surface area (Å²) in [7, 11) is 2.32. The Balaban J connectivity index is 1.10. The number of anilines is 4. The molecule has 21 heteroatoms. The van der Waals surface area contributed by atoms with Gasteiger partial charge in [0.25, 0.3) is 23.6 Å². The number of hydrogen-bond donors (Lipinski definition) is 11. The van der Waals surface area contributed by atoms with E-state index < -0.39 is 64.4 Å². The van der Waals surface area contributed by atoms with Crippen LogP contribution in [0.1, 0.15) is 59.6 Å². The average Bonchev–Trinajstić information content (AvgIpc) is 3.81. The molecule has 0 bridgehead atoms. The number of aromatic carboxylic acids is 1. The first-order valence-electron chi connectivity index (χ1n) is 19.4. The summed E-state index contributed by atoms with van der Waals surface area (Å²) in [4.78, 5) is 77.7. The van der Waals surface area contributed by atoms with Crippen molar-refractivity contribution >= 4 is 64.3 Å². The minimum Gasteiger partial charge on any atom is -0.508 e. The van der Waals surface area contributed by atoms with Crippen LogP contribution in [0.3, 0.4) is 0 Å². The Bertz CT molecular complexity index is 2860. The van der Waals surface area contributed by atoms with E-state index in [-0.39, 0.29) is 57.4 Å². The number of aromatic amines is 1. The molecule has 338 valence electrons. The maximum Gasteiger partial charge on any atom is 0.339 e. The van der Waals surface area contributed by atoms with Crippen LogP contribution in [0.5, 0.6) is 34.5 Å². The molecule has 1 atom stereocenters. The third-order valence-corrected chi connectivity index (χ3v) is 9.71. The summed E-state index contributed by atoms with van der Waals surface area (Å²) in [6.07, 6.45) is 2.91. The van der Waals surface area contributed by atoms with E-state index in [0.717, 1.165) is 25.3 Å². The number of nitrogens with one attached hydrogen (secondary N) is 6. The number of methoxy groups -OCH3 is 2. The summed E-state index contributed by atoms with van der Waals surface area (Å²) in [5, 5.41) is 73.8. The normalized spacial score (nSPS) is 11.4. The van der Waals surface area contributed by atoms with Gasteiger partial charge >= 0.3 is 5.97 Å². The first-order valence-corrected chi connectivity index (χ1v) is 19.4. The number of carboxylic acid groups (broad SMARTS) is 1. The molecule has 21 nitrogen and oxygen atoms in total. The van der Waals surface area contributed by atoms with Gasteiger partial charge in [0.15, 0.2) is 23.0 Å². The minimum absolute atomic E-state index is 0.0880. The number of phenols is 4. The predicted molar refractivity (Wildman–Crippen MR) is 237 cm³/mol. The summed E-state index contributed by atoms with van der Waals surface area (Å²) < 4.78 is 10.3. The van der Waals surface area contributed by atoms with Crippen molar-refractivity contribution in [3.8, 4) is 34.5 Å². The number of ether oxygens (including phenoxy) is 2. The number of carboxylic acids is 1. The zero-order valence-electron chi connectivity index (χ0n) is 35.0. The third kappa shape index (κ3) is 10.8. The maximum atomic E-state index is 13.6. The molecule has 6 rings (SSSR count). The van der Waals surface area contributed by atoms with E-state index in [1.807, 2.05) is 0 Å². The Morgan fingerprint density at radius 1 is 0.682 bits per heavy atom. The van der Waals surface area contributed by atoms with Crippen molar-refractivity contribution in [3.05, 3.63) is 136 Å². The molecule has 1 heterocycles. The van der Waals surface area contributed by atoms with Crippen LogP contribution < -0.4 is 36.1 Å². The van der Waals surface area contributed by atoms with Crippen LogP contribution in [-0.2, 0) is 16.0 Å². The highest BCUT2D eigenvalue weighted by atomic mass is 16.5. The molecule has 1 unspecified atom stereocenters. The monoisotopic (exact) mass is 900 g/mol. The molecule has 6 aromatic rings. The number of H-pyrrole nitrogens is 1. The first kappa shape index (κ1) is 46.1. The highest BCUT2D eigenvalue weighted by molar-refractivity contribution is 6.11. The Kier molecular flexibility index (Phi) is 14.1. The van der Waals surface area contributed by atoms with Crippen molar-refractivity contribution in [2.24, 2.45) is 0 Å². The van der Waals surface area contributed by atoms with E-state index >= 15 is 0 Å². The Labute approximate surface area is 373 Å². The lowest BCUT2D eigenvalue weighted by Gasteiger charge is -2.19. The molecule has 11 N–H and O–H groups in total. The highest BCUT2D eigenvalue weighted by Gasteiger charge is 2.26. The smallest absolute Gasteiger partial charge is 0.339 e. The number of nitrogens with zero attached hydrogens (tertiary/aromatic N) is 2. The second-order valence-corrected chi connectivity index (χ2v) is 14.2. The second-order valence-electron chi connectivity index (χ2n) is 14.2. The highest BCUT2D eigenvalue weighted by Crippen LogP contribution is 2.41. The molecule has 66 heavy (non-hydrogen) atoms. The lowest BCUT2D eigenvalue weighted by atomic mass is 10.1. The number of rotatable bonds is 16. The van der Waals surface area contributed by atoms with Crippen molar-refractivity contribution in [1.82, 2.24) is 20.7 Å². The molecule has 0 radical (unpaired) electrons. The molecular weight excluding hydrogens is 861 g/mol. The van der Waals surface area contributed by atoms with Gasteiger partial charge in [-0.1, -0.05) is 17.3 Å². The van der Waals surface area contributed by atoms with Crippen LogP contribution in [-0.4, -0.2) is 96.7 Å². The van der Waals surface area contributed by atoms with Gasteiger partial charge in [0.1, 0.15) is 23.1 Å². The summed E-state index contributed by atoms with van der Waals surface area (Å²) in [6.45, 7) is 1.62. The van der Waals surface area contributed by atoms with Crippen molar-refractivity contribution in [1.29, 1.82) is 0 Å². The lowest BCUT2D eigenvalue weighted by Crippen LogP contribution is -2.45. The number of hydrogen-bond acceptors (Lipinski definition) is 14. The average molecular weight is 901 g/mol. The number of benzene rings is 5. The van der Waals surface area contributed by atoms with Gasteiger partial charge < -0.3 is 61.6 Å². The quantitative estimate of drug-likeness (QED) is 0.0456. The van der Waals surface area contributed by atoms with Gasteiger partial charge in [-0.3, -0.25) is 29.1 Å². The van der Waals surface area contributed by atoms with Gasteiger partial charge in [-0.2, -0.15) is 0 Å². The van der Waals surface area contributed by atoms with E-state index in [1.165, 1.54) is 74.0 Å². The van der Waals surface area contributed by atoms with Crippen molar-refractivity contribution in [2.45, 2.75) is 19.4 Å². The van der Waals surface area contributed by atoms with Crippen LogP contribution >= 0.6 is 0 Å². The van der Waals surface area contributed by atoms with Crippen molar-refractivity contribution in [2.75, 3.05) is 35.5 Å². The third-order valence-electron chi connectivity index (χ3n) is 9.71. The fourth-order valence-electron chi connectivity index (χ4n) is 6.30. The van der Waals surface area contributed by atoms with Gasteiger partial charge in [-0.05, 0) is 97.4 Å². The SMILES string of the molecule is COc1c(NC(=O)c2ccc(NC(=O)c3ccc(NC(=O)C(Cc4cnn[nH]4)NC(=O)c4ccc(NC(=O)/C(C)=C/c5ccc(O)cc5)cc4)c(O)c3)c(OC)c2O)ccc(C(=O)O)c1O. The Hall–Kier alpha value is -9.40. The van der Waals surface area contributed by atoms with E-state index in [4.69, 9.17) is 9.47 Å². The van der Waals surface area contributed by atoms with Crippen molar-refractivity contribution in [3.63, 3.8) is 0 Å². The van der Waals surface area contributed by atoms with Crippen LogP contribution in [0.2, 0.25) is 0 Å². The molecule has 0 aliphatic heterocycles. The second kappa shape index (κ2) is 20.2. The number of aromatic hydroxyl groups is 4. The Morgan fingerprint density at radius 3 is 1.86 bits per heavy atom. The maximum absolute atomic E-state index is 13.6. The molecule has 0 spiro atoms. The fourth-order valence-corrected chi connectivity index (χ4v) is 6.30. The zero-order valence-corrected chi connectivity index (χ0v) is 35.0. The predicted octanol–water partition coefficient (Wildman–Crippen LogP) is 4.87.